The van der Waals surface area contributed by atoms with Gasteiger partial charge < -0.3 is 11.1 Å². The molecule has 0 heterocycles. The molecule has 0 bridgehead atoms. The van der Waals surface area contributed by atoms with E-state index in [2.05, 4.69) is 51.9 Å². The Bertz CT molecular complexity index is 194. The SMILES string of the molecule is CC(C)(C)C/N=C(\N)NCC(C)(C)C. The first-order valence-corrected chi connectivity index (χ1v) is 5.14. The zero-order valence-electron chi connectivity index (χ0n) is 10.4. The highest BCUT2D eigenvalue weighted by molar-refractivity contribution is 5.77. The van der Waals surface area contributed by atoms with Gasteiger partial charge in [0.15, 0.2) is 5.96 Å². The summed E-state index contributed by atoms with van der Waals surface area (Å²) >= 11 is 0. The van der Waals surface area contributed by atoms with E-state index in [9.17, 15) is 0 Å². The fourth-order valence-corrected chi connectivity index (χ4v) is 0.734. The maximum absolute atomic E-state index is 5.73. The second-order valence-electron chi connectivity index (χ2n) is 6.18. The van der Waals surface area contributed by atoms with Crippen molar-refractivity contribution in [1.29, 1.82) is 0 Å². The van der Waals surface area contributed by atoms with Crippen molar-refractivity contribution in [2.45, 2.75) is 41.5 Å². The zero-order valence-corrected chi connectivity index (χ0v) is 10.4. The average molecular weight is 199 g/mol. The van der Waals surface area contributed by atoms with Gasteiger partial charge in [0.25, 0.3) is 0 Å². The molecule has 0 unspecified atom stereocenters. The second-order valence-corrected chi connectivity index (χ2v) is 6.18. The lowest BCUT2D eigenvalue weighted by Crippen LogP contribution is -2.38. The van der Waals surface area contributed by atoms with Gasteiger partial charge in [-0.15, -0.1) is 0 Å². The standard InChI is InChI=1S/C11H25N3/c1-10(2,3)7-13-9(12)14-8-11(4,5)6/h7-8H2,1-6H3,(H3,12,13,14). The van der Waals surface area contributed by atoms with Gasteiger partial charge in [-0.2, -0.15) is 0 Å². The molecule has 0 aromatic rings. The first-order chi connectivity index (χ1) is 6.10. The van der Waals surface area contributed by atoms with Crippen molar-refractivity contribution in [3.8, 4) is 0 Å². The third kappa shape index (κ3) is 9.36. The molecule has 0 saturated carbocycles. The zero-order chi connectivity index (χ0) is 11.4. The van der Waals surface area contributed by atoms with Crippen molar-refractivity contribution >= 4 is 5.96 Å². The fraction of sp³-hybridized carbons (Fsp3) is 0.909. The van der Waals surface area contributed by atoms with Gasteiger partial charge in [0.2, 0.25) is 0 Å². The summed E-state index contributed by atoms with van der Waals surface area (Å²) in [6, 6.07) is 0. The Morgan fingerprint density at radius 2 is 1.57 bits per heavy atom. The van der Waals surface area contributed by atoms with Crippen LogP contribution in [0.5, 0.6) is 0 Å². The summed E-state index contributed by atoms with van der Waals surface area (Å²) in [5.74, 6) is 0.551. The van der Waals surface area contributed by atoms with E-state index in [1.807, 2.05) is 0 Å². The summed E-state index contributed by atoms with van der Waals surface area (Å²) in [6.07, 6.45) is 0. The predicted octanol–water partition coefficient (Wildman–Crippen LogP) is 1.98. The van der Waals surface area contributed by atoms with E-state index in [0.717, 1.165) is 13.1 Å². The number of guanidine groups is 1. The lowest BCUT2D eigenvalue weighted by Gasteiger charge is -2.20. The third-order valence-corrected chi connectivity index (χ3v) is 1.52. The summed E-state index contributed by atoms with van der Waals surface area (Å²) in [5.41, 5.74) is 6.17. The van der Waals surface area contributed by atoms with Crippen LogP contribution in [0.2, 0.25) is 0 Å². The van der Waals surface area contributed by atoms with Crippen molar-refractivity contribution in [2.75, 3.05) is 13.1 Å². The van der Waals surface area contributed by atoms with E-state index in [-0.39, 0.29) is 10.8 Å². The van der Waals surface area contributed by atoms with Crippen LogP contribution in [0.4, 0.5) is 0 Å². The Balaban J connectivity index is 3.91. The van der Waals surface area contributed by atoms with Crippen LogP contribution in [0.1, 0.15) is 41.5 Å². The van der Waals surface area contributed by atoms with Crippen LogP contribution in [0.25, 0.3) is 0 Å². The Hall–Kier alpha value is -0.730. The van der Waals surface area contributed by atoms with Crippen LogP contribution in [0.15, 0.2) is 4.99 Å². The van der Waals surface area contributed by atoms with E-state index in [0.29, 0.717) is 5.96 Å². The first-order valence-electron chi connectivity index (χ1n) is 5.14. The van der Waals surface area contributed by atoms with Gasteiger partial charge in [0.1, 0.15) is 0 Å². The van der Waals surface area contributed by atoms with Crippen LogP contribution < -0.4 is 11.1 Å². The van der Waals surface area contributed by atoms with Gasteiger partial charge in [-0.1, -0.05) is 41.5 Å². The van der Waals surface area contributed by atoms with E-state index in [1.165, 1.54) is 0 Å². The molecule has 0 amide bonds. The number of nitrogens with two attached hydrogens (primary N) is 1. The topological polar surface area (TPSA) is 50.4 Å². The molecule has 0 aromatic heterocycles. The van der Waals surface area contributed by atoms with Gasteiger partial charge >= 0.3 is 0 Å². The highest BCUT2D eigenvalue weighted by Crippen LogP contribution is 2.12. The van der Waals surface area contributed by atoms with Crippen LogP contribution in [-0.2, 0) is 0 Å². The summed E-state index contributed by atoms with van der Waals surface area (Å²) < 4.78 is 0. The highest BCUT2D eigenvalue weighted by Gasteiger charge is 2.11. The molecular formula is C11H25N3. The molecule has 0 aliphatic heterocycles. The van der Waals surface area contributed by atoms with Crippen LogP contribution in [-0.4, -0.2) is 19.0 Å². The number of hydrogen-bond donors (Lipinski definition) is 2. The number of aliphatic imine (C=N–C) groups is 1. The Morgan fingerprint density at radius 3 is 1.93 bits per heavy atom. The van der Waals surface area contributed by atoms with Crippen molar-refractivity contribution in [2.24, 2.45) is 21.6 Å². The number of hydrogen-bond acceptors (Lipinski definition) is 1. The minimum atomic E-state index is 0.202. The molecule has 3 N–H and O–H groups in total. The van der Waals surface area contributed by atoms with E-state index in [4.69, 9.17) is 5.73 Å². The summed E-state index contributed by atoms with van der Waals surface area (Å²) in [5, 5.41) is 3.12. The molecule has 3 heteroatoms. The third-order valence-electron chi connectivity index (χ3n) is 1.52. The lowest BCUT2D eigenvalue weighted by atomic mass is 9.97. The lowest BCUT2D eigenvalue weighted by molar-refractivity contribution is 0.405. The largest absolute Gasteiger partial charge is 0.370 e. The normalized spacial score (nSPS) is 14.3. The second kappa shape index (κ2) is 4.67. The minimum absolute atomic E-state index is 0.202. The number of rotatable bonds is 2. The van der Waals surface area contributed by atoms with E-state index < -0.39 is 0 Å². The monoisotopic (exact) mass is 199 g/mol. The molecule has 0 rings (SSSR count). The maximum Gasteiger partial charge on any atom is 0.188 e. The van der Waals surface area contributed by atoms with Crippen LogP contribution >= 0.6 is 0 Å². The van der Waals surface area contributed by atoms with Crippen LogP contribution in [0, 0.1) is 10.8 Å². The first kappa shape index (κ1) is 13.3. The van der Waals surface area contributed by atoms with Crippen molar-refractivity contribution in [3.63, 3.8) is 0 Å². The predicted molar refractivity (Wildman–Crippen MR) is 63.4 cm³/mol. The molecule has 3 nitrogen and oxygen atoms in total. The molecule has 0 radical (unpaired) electrons. The van der Waals surface area contributed by atoms with Gasteiger partial charge in [0, 0.05) is 13.1 Å². The molecule has 0 saturated heterocycles. The fourth-order valence-electron chi connectivity index (χ4n) is 0.734. The molecule has 0 spiro atoms. The van der Waals surface area contributed by atoms with Gasteiger partial charge in [0.05, 0.1) is 0 Å². The summed E-state index contributed by atoms with van der Waals surface area (Å²) in [7, 11) is 0. The summed E-state index contributed by atoms with van der Waals surface area (Å²) in [6.45, 7) is 14.5. The van der Waals surface area contributed by atoms with Crippen molar-refractivity contribution in [3.05, 3.63) is 0 Å². The van der Waals surface area contributed by atoms with E-state index >= 15 is 0 Å². The quantitative estimate of drug-likeness (QED) is 0.528. The maximum atomic E-state index is 5.73. The molecule has 14 heavy (non-hydrogen) atoms. The molecule has 0 aromatic carbocycles. The Kier molecular flexibility index (Phi) is 4.43. The minimum Gasteiger partial charge on any atom is -0.370 e. The molecule has 0 atom stereocenters. The van der Waals surface area contributed by atoms with Gasteiger partial charge in [-0.25, -0.2) is 0 Å². The average Bonchev–Trinajstić information content (AvgIpc) is 1.94. The molecular weight excluding hydrogens is 174 g/mol. The highest BCUT2D eigenvalue weighted by atomic mass is 15.1. The molecule has 0 aliphatic rings. The Morgan fingerprint density at radius 1 is 1.07 bits per heavy atom. The molecule has 0 aliphatic carbocycles. The van der Waals surface area contributed by atoms with E-state index in [1.54, 1.807) is 0 Å². The number of nitrogens with one attached hydrogen (secondary N) is 1. The summed E-state index contributed by atoms with van der Waals surface area (Å²) in [4.78, 5) is 4.28. The van der Waals surface area contributed by atoms with Crippen molar-refractivity contribution in [1.82, 2.24) is 5.32 Å². The van der Waals surface area contributed by atoms with Gasteiger partial charge in [-0.3, -0.25) is 4.99 Å². The number of nitrogens with zero attached hydrogens (tertiary/aromatic N) is 1. The van der Waals surface area contributed by atoms with Crippen molar-refractivity contribution < 1.29 is 0 Å². The molecule has 0 fully saturated rings. The molecule has 84 valence electrons. The Labute approximate surface area is 88.2 Å². The van der Waals surface area contributed by atoms with Crippen LogP contribution in [0.3, 0.4) is 0 Å². The smallest absolute Gasteiger partial charge is 0.188 e. The van der Waals surface area contributed by atoms with Gasteiger partial charge in [-0.05, 0) is 10.8 Å².